The number of carbonyl (C=O) groups excluding carboxylic acids is 2. The highest BCUT2D eigenvalue weighted by molar-refractivity contribution is 5.70. The molecule has 0 bridgehead atoms. The van der Waals surface area contributed by atoms with E-state index in [1.54, 1.807) is 4.90 Å². The van der Waals surface area contributed by atoms with Gasteiger partial charge in [-0.1, -0.05) is 0 Å². The third kappa shape index (κ3) is 3.87. The van der Waals surface area contributed by atoms with Crippen molar-refractivity contribution in [2.24, 2.45) is 0 Å². The maximum atomic E-state index is 11.6. The van der Waals surface area contributed by atoms with Crippen LogP contribution in [0.3, 0.4) is 0 Å². The molecule has 0 aromatic heterocycles. The molecule has 1 N–H and O–H groups in total. The number of ether oxygens (including phenoxy) is 1. The highest BCUT2D eigenvalue weighted by atomic mass is 16.6. The van der Waals surface area contributed by atoms with Crippen molar-refractivity contribution in [3.8, 4) is 0 Å². The predicted octanol–water partition coefficient (Wildman–Crippen LogP) is 0.394. The van der Waals surface area contributed by atoms with Crippen LogP contribution in [0.25, 0.3) is 0 Å². The van der Waals surface area contributed by atoms with Crippen molar-refractivity contribution in [1.82, 2.24) is 10.2 Å². The largest absolute Gasteiger partial charge is 0.444 e. The molecule has 15 heavy (non-hydrogen) atoms. The fourth-order valence-electron chi connectivity index (χ4n) is 1.36. The molecule has 0 spiro atoms. The van der Waals surface area contributed by atoms with E-state index in [2.05, 4.69) is 5.32 Å². The van der Waals surface area contributed by atoms with Crippen molar-refractivity contribution < 1.29 is 14.3 Å². The molecule has 1 rings (SSSR count). The van der Waals surface area contributed by atoms with Gasteiger partial charge >= 0.3 is 6.09 Å². The summed E-state index contributed by atoms with van der Waals surface area (Å²) in [6.45, 7) is 7.07. The van der Waals surface area contributed by atoms with Gasteiger partial charge in [0.15, 0.2) is 0 Å². The Balaban J connectivity index is 2.49. The lowest BCUT2D eigenvalue weighted by atomic mass is 10.2. The fraction of sp³-hybridized carbons (Fsp3) is 0.800. The number of hydrogen-bond donors (Lipinski definition) is 1. The van der Waals surface area contributed by atoms with Gasteiger partial charge in [-0.3, -0.25) is 0 Å². The minimum Gasteiger partial charge on any atom is -0.444 e. The van der Waals surface area contributed by atoms with Crippen LogP contribution in [0.4, 0.5) is 4.79 Å². The lowest BCUT2D eigenvalue weighted by Gasteiger charge is -2.32. The zero-order valence-corrected chi connectivity index (χ0v) is 9.45. The SMILES string of the molecule is CC(C)(C)OC(=O)N1CCN[C@@H](C=O)C1. The lowest BCUT2D eigenvalue weighted by Crippen LogP contribution is -2.54. The maximum absolute atomic E-state index is 11.6. The molecular formula is C10H18N2O3. The smallest absolute Gasteiger partial charge is 0.410 e. The van der Waals surface area contributed by atoms with Crippen LogP contribution in [0.1, 0.15) is 20.8 Å². The van der Waals surface area contributed by atoms with Crippen LogP contribution in [0.5, 0.6) is 0 Å². The van der Waals surface area contributed by atoms with E-state index in [0.29, 0.717) is 19.6 Å². The number of piperazine rings is 1. The third-order valence-electron chi connectivity index (χ3n) is 2.02. The van der Waals surface area contributed by atoms with Gasteiger partial charge in [0.05, 0.1) is 6.04 Å². The molecule has 1 amide bonds. The van der Waals surface area contributed by atoms with Gasteiger partial charge in [-0.2, -0.15) is 0 Å². The van der Waals surface area contributed by atoms with E-state index in [4.69, 9.17) is 4.74 Å². The van der Waals surface area contributed by atoms with Crippen molar-refractivity contribution in [1.29, 1.82) is 0 Å². The van der Waals surface area contributed by atoms with Crippen molar-refractivity contribution in [3.63, 3.8) is 0 Å². The summed E-state index contributed by atoms with van der Waals surface area (Å²) >= 11 is 0. The average molecular weight is 214 g/mol. The van der Waals surface area contributed by atoms with E-state index >= 15 is 0 Å². The molecule has 1 aliphatic heterocycles. The number of hydrogen-bond acceptors (Lipinski definition) is 4. The molecular weight excluding hydrogens is 196 g/mol. The second kappa shape index (κ2) is 4.61. The monoisotopic (exact) mass is 214 g/mol. The lowest BCUT2D eigenvalue weighted by molar-refractivity contribution is -0.110. The third-order valence-corrected chi connectivity index (χ3v) is 2.02. The quantitative estimate of drug-likeness (QED) is 0.642. The zero-order valence-electron chi connectivity index (χ0n) is 9.45. The highest BCUT2D eigenvalue weighted by Crippen LogP contribution is 2.10. The molecule has 86 valence electrons. The Hall–Kier alpha value is -1.10. The van der Waals surface area contributed by atoms with Gasteiger partial charge in [-0.05, 0) is 20.8 Å². The Morgan fingerprint density at radius 2 is 2.20 bits per heavy atom. The molecule has 0 aromatic carbocycles. The maximum Gasteiger partial charge on any atom is 0.410 e. The van der Waals surface area contributed by atoms with Gasteiger partial charge in [-0.15, -0.1) is 0 Å². The van der Waals surface area contributed by atoms with E-state index in [1.165, 1.54) is 0 Å². The van der Waals surface area contributed by atoms with Gasteiger partial charge < -0.3 is 19.7 Å². The first-order valence-corrected chi connectivity index (χ1v) is 5.09. The molecule has 1 fully saturated rings. The summed E-state index contributed by atoms with van der Waals surface area (Å²) in [5.74, 6) is 0. The van der Waals surface area contributed by atoms with Crippen LogP contribution in [-0.2, 0) is 9.53 Å². The molecule has 1 heterocycles. The summed E-state index contributed by atoms with van der Waals surface area (Å²) < 4.78 is 5.21. The van der Waals surface area contributed by atoms with Crippen LogP contribution in [0.15, 0.2) is 0 Å². The molecule has 1 aliphatic rings. The van der Waals surface area contributed by atoms with Crippen molar-refractivity contribution >= 4 is 12.4 Å². The van der Waals surface area contributed by atoms with E-state index in [0.717, 1.165) is 6.29 Å². The summed E-state index contributed by atoms with van der Waals surface area (Å²) in [4.78, 5) is 23.8. The van der Waals surface area contributed by atoms with E-state index in [-0.39, 0.29) is 12.1 Å². The van der Waals surface area contributed by atoms with Gasteiger partial charge in [0.2, 0.25) is 0 Å². The normalized spacial score (nSPS) is 22.3. The summed E-state index contributed by atoms with van der Waals surface area (Å²) in [7, 11) is 0. The zero-order chi connectivity index (χ0) is 11.5. The predicted molar refractivity (Wildman–Crippen MR) is 55.7 cm³/mol. The Labute approximate surface area is 89.8 Å². The van der Waals surface area contributed by atoms with E-state index in [9.17, 15) is 9.59 Å². The topological polar surface area (TPSA) is 58.6 Å². The summed E-state index contributed by atoms with van der Waals surface area (Å²) in [6.07, 6.45) is 0.465. The molecule has 0 radical (unpaired) electrons. The van der Waals surface area contributed by atoms with Gasteiger partial charge in [0.25, 0.3) is 0 Å². The number of carbonyl (C=O) groups is 2. The van der Waals surface area contributed by atoms with Crippen molar-refractivity contribution in [2.75, 3.05) is 19.6 Å². The minimum atomic E-state index is -0.487. The van der Waals surface area contributed by atoms with Gasteiger partial charge in [0.1, 0.15) is 11.9 Å². The molecule has 0 unspecified atom stereocenters. The Kier molecular flexibility index (Phi) is 3.68. The Bertz CT molecular complexity index is 248. The van der Waals surface area contributed by atoms with Crippen LogP contribution in [-0.4, -0.2) is 48.6 Å². The number of nitrogens with one attached hydrogen (secondary N) is 1. The van der Waals surface area contributed by atoms with E-state index in [1.807, 2.05) is 20.8 Å². The minimum absolute atomic E-state index is 0.272. The number of rotatable bonds is 1. The first-order valence-electron chi connectivity index (χ1n) is 5.09. The average Bonchev–Trinajstić information content (AvgIpc) is 2.15. The van der Waals surface area contributed by atoms with Crippen LogP contribution >= 0.6 is 0 Å². The second-order valence-electron chi connectivity index (χ2n) is 4.62. The summed E-state index contributed by atoms with van der Waals surface area (Å²) in [5, 5.41) is 3.00. The van der Waals surface area contributed by atoms with E-state index < -0.39 is 5.60 Å². The molecule has 1 saturated heterocycles. The fourth-order valence-corrected chi connectivity index (χ4v) is 1.36. The Morgan fingerprint density at radius 1 is 1.53 bits per heavy atom. The molecule has 0 saturated carbocycles. The first-order chi connectivity index (χ1) is 6.92. The summed E-state index contributed by atoms with van der Waals surface area (Å²) in [6, 6.07) is -0.272. The highest BCUT2D eigenvalue weighted by Gasteiger charge is 2.26. The van der Waals surface area contributed by atoms with Crippen LogP contribution < -0.4 is 5.32 Å². The standard InChI is InChI=1S/C10H18N2O3/c1-10(2,3)15-9(14)12-5-4-11-8(6-12)7-13/h7-8,11H,4-6H2,1-3H3/t8-/m1/s1. The van der Waals surface area contributed by atoms with Crippen molar-refractivity contribution in [2.45, 2.75) is 32.4 Å². The molecule has 5 nitrogen and oxygen atoms in total. The number of nitrogens with zero attached hydrogens (tertiary/aromatic N) is 1. The first kappa shape index (κ1) is 12.0. The number of aldehydes is 1. The van der Waals surface area contributed by atoms with Gasteiger partial charge in [-0.25, -0.2) is 4.79 Å². The number of amides is 1. The molecule has 0 aromatic rings. The van der Waals surface area contributed by atoms with Crippen LogP contribution in [0.2, 0.25) is 0 Å². The molecule has 0 aliphatic carbocycles. The molecule has 1 atom stereocenters. The van der Waals surface area contributed by atoms with Gasteiger partial charge in [0, 0.05) is 19.6 Å². The van der Waals surface area contributed by atoms with Crippen LogP contribution in [0, 0.1) is 0 Å². The van der Waals surface area contributed by atoms with Crippen molar-refractivity contribution in [3.05, 3.63) is 0 Å². The summed E-state index contributed by atoms with van der Waals surface area (Å²) in [5.41, 5.74) is -0.487. The molecule has 5 heteroatoms. The second-order valence-corrected chi connectivity index (χ2v) is 4.62. The Morgan fingerprint density at radius 3 is 2.73 bits per heavy atom.